The molecule has 22 heavy (non-hydrogen) atoms. The molecule has 3 aromatic rings. The van der Waals surface area contributed by atoms with E-state index in [1.807, 2.05) is 6.26 Å². The standard InChI is InChI=1S/C19H17NOSe/c1-12-10-13(2)18(14(3)11-12)20-15-6-4-5-7-16(15)22-17-8-9-21-19(17)20/h4-11H,1-3H3. The minimum absolute atomic E-state index is 0.307. The van der Waals surface area contributed by atoms with Gasteiger partial charge in [0.15, 0.2) is 0 Å². The van der Waals surface area contributed by atoms with Crippen molar-refractivity contribution in [3.63, 3.8) is 0 Å². The first-order valence-corrected chi connectivity index (χ1v) is 9.09. The fourth-order valence-electron chi connectivity index (χ4n) is 3.23. The Morgan fingerprint density at radius 2 is 1.64 bits per heavy atom. The van der Waals surface area contributed by atoms with Crippen LogP contribution in [-0.4, -0.2) is 15.0 Å². The van der Waals surface area contributed by atoms with Gasteiger partial charge >= 0.3 is 137 Å². The second-order valence-electron chi connectivity index (χ2n) is 5.74. The molecule has 0 saturated carbocycles. The molecule has 0 atom stereocenters. The van der Waals surface area contributed by atoms with Gasteiger partial charge in [-0.3, -0.25) is 0 Å². The molecular formula is C19H17NOSe. The van der Waals surface area contributed by atoms with Gasteiger partial charge in [0.25, 0.3) is 0 Å². The number of hydrogen-bond donors (Lipinski definition) is 0. The third kappa shape index (κ3) is 2.01. The van der Waals surface area contributed by atoms with Crippen molar-refractivity contribution in [2.75, 3.05) is 4.90 Å². The molecule has 2 heterocycles. The second kappa shape index (κ2) is 5.05. The molecule has 0 fully saturated rings. The van der Waals surface area contributed by atoms with Crippen LogP contribution in [0.4, 0.5) is 17.3 Å². The maximum absolute atomic E-state index is 5.86. The number of aryl methyl sites for hydroxylation is 3. The van der Waals surface area contributed by atoms with Gasteiger partial charge < -0.3 is 0 Å². The zero-order valence-electron chi connectivity index (χ0n) is 12.9. The average Bonchev–Trinajstić information content (AvgIpc) is 2.93. The first-order chi connectivity index (χ1) is 10.6. The van der Waals surface area contributed by atoms with Crippen LogP contribution in [0.3, 0.4) is 0 Å². The number of nitrogens with zero attached hydrogens (tertiary/aromatic N) is 1. The Morgan fingerprint density at radius 1 is 0.909 bits per heavy atom. The second-order valence-corrected chi connectivity index (χ2v) is 8.02. The summed E-state index contributed by atoms with van der Waals surface area (Å²) in [4.78, 5) is 2.29. The summed E-state index contributed by atoms with van der Waals surface area (Å²) in [5.74, 6) is 0.980. The van der Waals surface area contributed by atoms with Gasteiger partial charge in [0.05, 0.1) is 0 Å². The van der Waals surface area contributed by atoms with E-state index >= 15 is 0 Å². The van der Waals surface area contributed by atoms with Gasteiger partial charge in [-0.2, -0.15) is 0 Å². The molecule has 0 amide bonds. The van der Waals surface area contributed by atoms with Crippen LogP contribution in [0.5, 0.6) is 0 Å². The molecular weight excluding hydrogens is 337 g/mol. The number of para-hydroxylation sites is 1. The molecule has 3 heteroatoms. The Labute approximate surface area is 136 Å². The van der Waals surface area contributed by atoms with Gasteiger partial charge in [0, 0.05) is 0 Å². The van der Waals surface area contributed by atoms with Crippen molar-refractivity contribution < 1.29 is 4.42 Å². The first-order valence-electron chi connectivity index (χ1n) is 7.37. The molecule has 2 aromatic carbocycles. The monoisotopic (exact) mass is 355 g/mol. The summed E-state index contributed by atoms with van der Waals surface area (Å²) in [6.07, 6.45) is 1.81. The van der Waals surface area contributed by atoms with Crippen LogP contribution in [0.1, 0.15) is 16.7 Å². The van der Waals surface area contributed by atoms with Crippen LogP contribution in [0.15, 0.2) is 53.1 Å². The van der Waals surface area contributed by atoms with Gasteiger partial charge in [0.2, 0.25) is 0 Å². The Hall–Kier alpha value is -1.96. The van der Waals surface area contributed by atoms with Crippen LogP contribution in [0.25, 0.3) is 0 Å². The third-order valence-electron chi connectivity index (χ3n) is 4.00. The molecule has 110 valence electrons. The number of anilines is 3. The zero-order valence-corrected chi connectivity index (χ0v) is 14.6. The van der Waals surface area contributed by atoms with Crippen molar-refractivity contribution in [1.29, 1.82) is 0 Å². The number of hydrogen-bond acceptors (Lipinski definition) is 2. The van der Waals surface area contributed by atoms with Crippen LogP contribution in [0.2, 0.25) is 0 Å². The molecule has 0 N–H and O–H groups in total. The van der Waals surface area contributed by atoms with Crippen molar-refractivity contribution in [1.82, 2.24) is 0 Å². The molecule has 4 rings (SSSR count). The van der Waals surface area contributed by atoms with E-state index in [0.717, 1.165) is 5.88 Å². The quantitative estimate of drug-likeness (QED) is 0.485. The van der Waals surface area contributed by atoms with Crippen molar-refractivity contribution in [3.8, 4) is 0 Å². The van der Waals surface area contributed by atoms with E-state index in [-0.39, 0.29) is 0 Å². The Balaban J connectivity index is 2.01. The molecule has 0 bridgehead atoms. The van der Waals surface area contributed by atoms with Crippen molar-refractivity contribution in [2.45, 2.75) is 20.8 Å². The summed E-state index contributed by atoms with van der Waals surface area (Å²) in [6, 6.07) is 15.3. The normalized spacial score (nSPS) is 13.0. The molecule has 0 saturated heterocycles. The van der Waals surface area contributed by atoms with E-state index in [4.69, 9.17) is 4.42 Å². The summed E-state index contributed by atoms with van der Waals surface area (Å²) >= 11 is 0.307. The summed E-state index contributed by atoms with van der Waals surface area (Å²) in [5.41, 5.74) is 6.35. The fraction of sp³-hybridized carbons (Fsp3) is 0.158. The molecule has 0 aliphatic carbocycles. The summed E-state index contributed by atoms with van der Waals surface area (Å²) in [7, 11) is 0. The summed E-state index contributed by atoms with van der Waals surface area (Å²) < 4.78 is 8.58. The van der Waals surface area contributed by atoms with Crippen LogP contribution < -0.4 is 13.8 Å². The topological polar surface area (TPSA) is 16.4 Å². The number of benzene rings is 2. The van der Waals surface area contributed by atoms with E-state index < -0.39 is 0 Å². The number of rotatable bonds is 1. The molecule has 1 aliphatic rings. The maximum atomic E-state index is 5.86. The molecule has 0 spiro atoms. The van der Waals surface area contributed by atoms with Crippen molar-refractivity contribution in [3.05, 3.63) is 65.4 Å². The van der Waals surface area contributed by atoms with Gasteiger partial charge in [-0.05, 0) is 0 Å². The van der Waals surface area contributed by atoms with Gasteiger partial charge in [0.1, 0.15) is 0 Å². The Morgan fingerprint density at radius 3 is 2.41 bits per heavy atom. The molecule has 1 aliphatic heterocycles. The Bertz CT molecular complexity index is 842. The van der Waals surface area contributed by atoms with E-state index in [0.29, 0.717) is 15.0 Å². The predicted molar refractivity (Wildman–Crippen MR) is 92.6 cm³/mol. The molecule has 0 radical (unpaired) electrons. The predicted octanol–water partition coefficient (Wildman–Crippen LogP) is 3.64. The number of fused-ring (bicyclic) bond motifs is 2. The van der Waals surface area contributed by atoms with Crippen LogP contribution in [-0.2, 0) is 0 Å². The SMILES string of the molecule is Cc1cc(C)c(N2c3ccccc3[Se]c3ccoc32)c(C)c1. The van der Waals surface area contributed by atoms with E-state index in [2.05, 4.69) is 68.1 Å². The summed E-state index contributed by atoms with van der Waals surface area (Å²) in [6.45, 7) is 6.51. The van der Waals surface area contributed by atoms with Crippen LogP contribution in [0, 0.1) is 20.8 Å². The molecule has 1 aromatic heterocycles. The zero-order chi connectivity index (χ0) is 15.3. The average molecular weight is 354 g/mol. The van der Waals surface area contributed by atoms with Gasteiger partial charge in [-0.25, -0.2) is 0 Å². The summed E-state index contributed by atoms with van der Waals surface area (Å²) in [5, 5.41) is 0. The minimum atomic E-state index is 0.307. The van der Waals surface area contributed by atoms with Crippen molar-refractivity contribution in [2.24, 2.45) is 0 Å². The van der Waals surface area contributed by atoms with Gasteiger partial charge in [-0.15, -0.1) is 0 Å². The number of furan rings is 1. The molecule has 2 nitrogen and oxygen atoms in total. The van der Waals surface area contributed by atoms with E-state index in [1.54, 1.807) is 0 Å². The van der Waals surface area contributed by atoms with Gasteiger partial charge in [-0.1, -0.05) is 0 Å². The molecule has 0 unspecified atom stereocenters. The van der Waals surface area contributed by atoms with Crippen molar-refractivity contribution >= 4 is 41.1 Å². The third-order valence-corrected chi connectivity index (χ3v) is 6.30. The first kappa shape index (κ1) is 13.7. The Kier molecular flexibility index (Phi) is 3.14. The van der Waals surface area contributed by atoms with Crippen LogP contribution >= 0.6 is 0 Å². The van der Waals surface area contributed by atoms with E-state index in [1.165, 1.54) is 37.0 Å². The fourth-order valence-corrected chi connectivity index (χ4v) is 5.33. The van der Waals surface area contributed by atoms with E-state index in [9.17, 15) is 0 Å².